The van der Waals surface area contributed by atoms with Gasteiger partial charge in [0.05, 0.1) is 19.7 Å². The molecule has 3 saturated heterocycles. The van der Waals surface area contributed by atoms with Crippen molar-refractivity contribution in [3.63, 3.8) is 0 Å². The molecule has 0 bridgehead atoms. The van der Waals surface area contributed by atoms with Gasteiger partial charge in [-0.1, -0.05) is 30.3 Å². The van der Waals surface area contributed by atoms with E-state index in [1.807, 2.05) is 42.5 Å². The number of hydrogen-bond donors (Lipinski definition) is 0. The fourth-order valence-corrected chi connectivity index (χ4v) is 5.19. The van der Waals surface area contributed by atoms with Gasteiger partial charge in [0.25, 0.3) is 0 Å². The molecule has 0 unspecified atom stereocenters. The summed E-state index contributed by atoms with van der Waals surface area (Å²) < 4.78 is 17.3. The maximum atomic E-state index is 12.6. The molecule has 0 radical (unpaired) electrons. The van der Waals surface area contributed by atoms with Gasteiger partial charge in [-0.05, 0) is 55.6 Å². The van der Waals surface area contributed by atoms with Crippen molar-refractivity contribution < 1.29 is 18.7 Å². The molecule has 176 valence electrons. The van der Waals surface area contributed by atoms with Crippen molar-refractivity contribution in [1.82, 2.24) is 20.0 Å². The van der Waals surface area contributed by atoms with E-state index >= 15 is 0 Å². The predicted molar refractivity (Wildman–Crippen MR) is 124 cm³/mol. The lowest BCUT2D eigenvalue weighted by Crippen LogP contribution is -2.56. The van der Waals surface area contributed by atoms with E-state index in [-0.39, 0.29) is 23.4 Å². The second-order valence-electron chi connectivity index (χ2n) is 9.42. The third-order valence-electron chi connectivity index (χ3n) is 7.19. The summed E-state index contributed by atoms with van der Waals surface area (Å²) in [6.45, 7) is 4.83. The number of amides is 1. The molecule has 0 aliphatic carbocycles. The fourth-order valence-electron chi connectivity index (χ4n) is 5.19. The Morgan fingerprint density at radius 1 is 1.06 bits per heavy atom. The average Bonchev–Trinajstić information content (AvgIpc) is 3.60. The highest BCUT2D eigenvalue weighted by Crippen LogP contribution is 2.37. The minimum Gasteiger partial charge on any atom is -0.487 e. The second-order valence-corrected chi connectivity index (χ2v) is 9.42. The molecule has 0 N–H and O–H groups in total. The Balaban J connectivity index is 1.00. The molecule has 1 spiro atoms. The number of nitrogens with zero attached hydrogens (tertiary/aromatic N) is 4. The minimum atomic E-state index is -0.264. The highest BCUT2D eigenvalue weighted by molar-refractivity contribution is 5.90. The van der Waals surface area contributed by atoms with Crippen molar-refractivity contribution in [1.29, 1.82) is 0 Å². The zero-order chi connectivity index (χ0) is 23.0. The number of ether oxygens (including phenoxy) is 2. The molecule has 3 aliphatic rings. The van der Waals surface area contributed by atoms with Crippen LogP contribution in [0.4, 0.5) is 0 Å². The number of carbonyl (C=O) groups excluding carboxylic acids is 1. The maximum Gasteiger partial charge on any atom is 0.311 e. The molecule has 3 fully saturated rings. The molecule has 4 heterocycles. The van der Waals surface area contributed by atoms with Crippen LogP contribution in [0, 0.1) is 0 Å². The summed E-state index contributed by atoms with van der Waals surface area (Å²) in [4.78, 5) is 16.9. The van der Waals surface area contributed by atoms with Crippen LogP contribution in [0.25, 0.3) is 11.5 Å². The van der Waals surface area contributed by atoms with Gasteiger partial charge in [-0.25, -0.2) is 0 Å². The molecule has 0 saturated carbocycles. The van der Waals surface area contributed by atoms with E-state index in [0.717, 1.165) is 44.0 Å². The molecule has 34 heavy (non-hydrogen) atoms. The number of aromatic nitrogens is 2. The molecule has 2 aromatic carbocycles. The zero-order valence-electron chi connectivity index (χ0n) is 19.1. The van der Waals surface area contributed by atoms with Crippen LogP contribution >= 0.6 is 0 Å². The van der Waals surface area contributed by atoms with Gasteiger partial charge in [-0.3, -0.25) is 9.69 Å². The van der Waals surface area contributed by atoms with Crippen molar-refractivity contribution in [2.45, 2.75) is 37.5 Å². The van der Waals surface area contributed by atoms with Crippen LogP contribution in [0.2, 0.25) is 0 Å². The van der Waals surface area contributed by atoms with Crippen molar-refractivity contribution in [3.05, 3.63) is 66.1 Å². The minimum absolute atomic E-state index is 0.00834. The second kappa shape index (κ2) is 8.85. The summed E-state index contributed by atoms with van der Waals surface area (Å²) in [6, 6.07) is 17.8. The van der Waals surface area contributed by atoms with E-state index < -0.39 is 0 Å². The Kier molecular flexibility index (Phi) is 5.55. The van der Waals surface area contributed by atoms with Crippen molar-refractivity contribution in [3.8, 4) is 17.2 Å². The van der Waals surface area contributed by atoms with E-state index in [9.17, 15) is 4.79 Å². The summed E-state index contributed by atoms with van der Waals surface area (Å²) in [5, 5.41) is 7.92. The van der Waals surface area contributed by atoms with Crippen LogP contribution in [0.5, 0.6) is 5.75 Å². The Morgan fingerprint density at radius 2 is 1.88 bits per heavy atom. The monoisotopic (exact) mass is 460 g/mol. The molecule has 8 nitrogen and oxygen atoms in total. The predicted octanol–water partition coefficient (Wildman–Crippen LogP) is 3.39. The fraction of sp³-hybridized carbons (Fsp3) is 0.423. The Labute approximate surface area is 198 Å². The van der Waals surface area contributed by atoms with Crippen molar-refractivity contribution in [2.75, 3.05) is 32.8 Å². The number of hydrogen-bond acceptors (Lipinski definition) is 7. The van der Waals surface area contributed by atoms with Gasteiger partial charge in [-0.15, -0.1) is 10.2 Å². The first-order valence-electron chi connectivity index (χ1n) is 12.0. The van der Waals surface area contributed by atoms with E-state index in [2.05, 4.69) is 27.2 Å². The highest BCUT2D eigenvalue weighted by Gasteiger charge is 2.43. The van der Waals surface area contributed by atoms with Gasteiger partial charge in [-0.2, -0.15) is 0 Å². The van der Waals surface area contributed by atoms with Crippen LogP contribution in [0.15, 0.2) is 59.0 Å². The lowest BCUT2D eigenvalue weighted by Gasteiger charge is -2.38. The number of benzene rings is 2. The molecule has 1 atom stereocenters. The van der Waals surface area contributed by atoms with E-state index in [1.165, 1.54) is 18.4 Å². The SMILES string of the molecule is O=C(c1nnc(-c2ccccc2)o1)N1CC(Oc2ccc(CN3CCC[C@]34CCOC4)cc2)C1. The van der Waals surface area contributed by atoms with Crippen LogP contribution < -0.4 is 4.74 Å². The Morgan fingerprint density at radius 3 is 2.65 bits per heavy atom. The summed E-state index contributed by atoms with van der Waals surface area (Å²) in [6.07, 6.45) is 3.59. The topological polar surface area (TPSA) is 80.9 Å². The van der Waals surface area contributed by atoms with E-state index in [4.69, 9.17) is 13.9 Å². The van der Waals surface area contributed by atoms with E-state index in [1.54, 1.807) is 4.90 Å². The first kappa shape index (κ1) is 21.3. The van der Waals surface area contributed by atoms with Crippen molar-refractivity contribution in [2.24, 2.45) is 0 Å². The third kappa shape index (κ3) is 4.08. The van der Waals surface area contributed by atoms with Crippen LogP contribution in [0.1, 0.15) is 35.5 Å². The Hall–Kier alpha value is -3.23. The first-order valence-corrected chi connectivity index (χ1v) is 12.0. The summed E-state index contributed by atoms with van der Waals surface area (Å²) in [5.41, 5.74) is 2.33. The first-order chi connectivity index (χ1) is 16.7. The molecule has 3 aromatic rings. The van der Waals surface area contributed by atoms with Crippen LogP contribution in [-0.4, -0.2) is 70.4 Å². The standard InChI is InChI=1S/C26H28N4O4/c31-25(24-28-27-23(34-24)20-5-2-1-3-6-20)29-16-22(17-29)33-21-9-7-19(8-10-21)15-30-13-4-11-26(30)12-14-32-18-26/h1-3,5-10,22H,4,11-18H2/t26-/m1/s1. The maximum absolute atomic E-state index is 12.6. The lowest BCUT2D eigenvalue weighted by atomic mass is 9.95. The normalized spacial score (nSPS) is 22.9. The van der Waals surface area contributed by atoms with Gasteiger partial charge in [0, 0.05) is 24.3 Å². The van der Waals surface area contributed by atoms with Crippen LogP contribution in [-0.2, 0) is 11.3 Å². The molecular weight excluding hydrogens is 432 g/mol. The quantitative estimate of drug-likeness (QED) is 0.558. The van der Waals surface area contributed by atoms with Gasteiger partial charge in [0.15, 0.2) is 0 Å². The molecule has 6 rings (SSSR count). The highest BCUT2D eigenvalue weighted by atomic mass is 16.5. The smallest absolute Gasteiger partial charge is 0.311 e. The molecular formula is C26H28N4O4. The van der Waals surface area contributed by atoms with Crippen LogP contribution in [0.3, 0.4) is 0 Å². The molecule has 3 aliphatic heterocycles. The molecule has 1 amide bonds. The third-order valence-corrected chi connectivity index (χ3v) is 7.19. The van der Waals surface area contributed by atoms with Gasteiger partial charge < -0.3 is 18.8 Å². The molecule has 8 heteroatoms. The van der Waals surface area contributed by atoms with Gasteiger partial charge in [0.1, 0.15) is 11.9 Å². The zero-order valence-corrected chi connectivity index (χ0v) is 19.1. The number of carbonyl (C=O) groups is 1. The summed E-state index contributed by atoms with van der Waals surface area (Å²) in [5.74, 6) is 0.914. The van der Waals surface area contributed by atoms with Crippen molar-refractivity contribution >= 4 is 5.91 Å². The average molecular weight is 461 g/mol. The largest absolute Gasteiger partial charge is 0.487 e. The lowest BCUT2D eigenvalue weighted by molar-refractivity contribution is 0.0149. The molecule has 1 aromatic heterocycles. The number of rotatable bonds is 6. The summed E-state index contributed by atoms with van der Waals surface area (Å²) >= 11 is 0. The summed E-state index contributed by atoms with van der Waals surface area (Å²) in [7, 11) is 0. The van der Waals surface area contributed by atoms with Gasteiger partial charge in [0.2, 0.25) is 5.89 Å². The Bertz CT molecular complexity index is 1130. The van der Waals surface area contributed by atoms with Gasteiger partial charge >= 0.3 is 11.8 Å². The number of likely N-dealkylation sites (tertiary alicyclic amines) is 2. The van der Waals surface area contributed by atoms with E-state index in [0.29, 0.717) is 19.0 Å².